The highest BCUT2D eigenvalue weighted by molar-refractivity contribution is 7.89. The topological polar surface area (TPSA) is 73.5 Å². The Hall–Kier alpha value is -2.03. The van der Waals surface area contributed by atoms with Crippen molar-refractivity contribution in [1.82, 2.24) is 14.2 Å². The maximum atomic E-state index is 12.9. The Labute approximate surface area is 171 Å². The molecule has 8 heteroatoms. The minimum absolute atomic E-state index is 0.170. The van der Waals surface area contributed by atoms with Crippen LogP contribution in [0.25, 0.3) is 0 Å². The summed E-state index contributed by atoms with van der Waals surface area (Å²) in [6.45, 7) is 5.45. The van der Waals surface area contributed by atoms with Gasteiger partial charge in [0.1, 0.15) is 4.64 Å². The smallest absolute Gasteiger partial charge is 0.256 e. The molecule has 0 aliphatic carbocycles. The van der Waals surface area contributed by atoms with E-state index in [4.69, 9.17) is 12.2 Å². The standard InChI is InChI=1S/C20H25N3O3S2/c1-3-15(2)16-6-8-17(9-7-16)28(25,26)23-13-11-22(12-14-23)20(24)18-5-4-10-21-19(18)27/h4-10,15H,3,11-14H2,1-2H3,(H,21,27)/t15-/m1/s1. The second-order valence-corrected chi connectivity index (χ2v) is 9.33. The molecule has 1 atom stereocenters. The summed E-state index contributed by atoms with van der Waals surface area (Å²) in [5.41, 5.74) is 1.57. The summed E-state index contributed by atoms with van der Waals surface area (Å²) in [6.07, 6.45) is 2.68. The quantitative estimate of drug-likeness (QED) is 0.754. The zero-order chi connectivity index (χ0) is 20.3. The van der Waals surface area contributed by atoms with E-state index < -0.39 is 10.0 Å². The van der Waals surface area contributed by atoms with E-state index >= 15 is 0 Å². The molecule has 1 amide bonds. The lowest BCUT2D eigenvalue weighted by Crippen LogP contribution is -2.50. The molecule has 0 radical (unpaired) electrons. The van der Waals surface area contributed by atoms with E-state index in [2.05, 4.69) is 18.8 Å². The lowest BCUT2D eigenvalue weighted by atomic mass is 9.99. The number of aromatic nitrogens is 1. The first-order valence-electron chi connectivity index (χ1n) is 9.41. The molecule has 150 valence electrons. The van der Waals surface area contributed by atoms with Crippen LogP contribution in [0.15, 0.2) is 47.5 Å². The average Bonchev–Trinajstić information content (AvgIpc) is 2.73. The van der Waals surface area contributed by atoms with Crippen molar-refractivity contribution in [3.8, 4) is 0 Å². The number of pyridine rings is 1. The van der Waals surface area contributed by atoms with Gasteiger partial charge < -0.3 is 9.88 Å². The van der Waals surface area contributed by atoms with Gasteiger partial charge in [-0.3, -0.25) is 4.79 Å². The molecule has 2 aromatic rings. The number of benzene rings is 1. The first-order valence-corrected chi connectivity index (χ1v) is 11.3. The van der Waals surface area contributed by atoms with Crippen LogP contribution in [0.5, 0.6) is 0 Å². The summed E-state index contributed by atoms with van der Waals surface area (Å²) in [6, 6.07) is 10.5. The normalized spacial score (nSPS) is 16.7. The lowest BCUT2D eigenvalue weighted by Gasteiger charge is -2.34. The minimum atomic E-state index is -3.56. The van der Waals surface area contributed by atoms with Crippen molar-refractivity contribution >= 4 is 28.1 Å². The van der Waals surface area contributed by atoms with Crippen LogP contribution in [0, 0.1) is 4.64 Å². The number of rotatable bonds is 5. The Bertz CT molecular complexity index is 992. The first-order chi connectivity index (χ1) is 13.3. The van der Waals surface area contributed by atoms with Crippen molar-refractivity contribution in [3.05, 3.63) is 58.4 Å². The summed E-state index contributed by atoms with van der Waals surface area (Å²) >= 11 is 5.17. The first kappa shape index (κ1) is 20.7. The maximum absolute atomic E-state index is 12.9. The van der Waals surface area contributed by atoms with Gasteiger partial charge in [0.2, 0.25) is 10.0 Å². The van der Waals surface area contributed by atoms with E-state index in [1.54, 1.807) is 35.4 Å². The van der Waals surface area contributed by atoms with Crippen LogP contribution in [0.4, 0.5) is 0 Å². The number of piperazine rings is 1. The monoisotopic (exact) mass is 419 g/mol. The minimum Gasteiger partial charge on any atom is -0.352 e. The van der Waals surface area contributed by atoms with Crippen LogP contribution in [-0.2, 0) is 10.0 Å². The Balaban J connectivity index is 1.69. The van der Waals surface area contributed by atoms with E-state index in [9.17, 15) is 13.2 Å². The third-order valence-electron chi connectivity index (χ3n) is 5.27. The molecule has 2 heterocycles. The van der Waals surface area contributed by atoms with E-state index in [0.717, 1.165) is 12.0 Å². The van der Waals surface area contributed by atoms with Crippen molar-refractivity contribution in [2.75, 3.05) is 26.2 Å². The number of nitrogens with one attached hydrogen (secondary N) is 1. The highest BCUT2D eigenvalue weighted by Crippen LogP contribution is 2.23. The van der Waals surface area contributed by atoms with Gasteiger partial charge in [-0.25, -0.2) is 8.42 Å². The van der Waals surface area contributed by atoms with Gasteiger partial charge in [-0.2, -0.15) is 4.31 Å². The summed E-state index contributed by atoms with van der Waals surface area (Å²) in [5.74, 6) is 0.229. The van der Waals surface area contributed by atoms with Crippen molar-refractivity contribution in [3.63, 3.8) is 0 Å². The molecule has 0 unspecified atom stereocenters. The number of carbonyl (C=O) groups is 1. The predicted molar refractivity (Wildman–Crippen MR) is 111 cm³/mol. The fourth-order valence-corrected chi connectivity index (χ4v) is 4.89. The van der Waals surface area contributed by atoms with Gasteiger partial charge in [-0.15, -0.1) is 0 Å². The Morgan fingerprint density at radius 2 is 1.79 bits per heavy atom. The van der Waals surface area contributed by atoms with Crippen LogP contribution in [0.1, 0.15) is 42.1 Å². The number of sulfonamides is 1. The lowest BCUT2D eigenvalue weighted by molar-refractivity contribution is 0.0697. The van der Waals surface area contributed by atoms with E-state index in [-0.39, 0.29) is 19.0 Å². The highest BCUT2D eigenvalue weighted by atomic mass is 32.2. The van der Waals surface area contributed by atoms with Crippen LogP contribution in [0.2, 0.25) is 0 Å². The second-order valence-electron chi connectivity index (χ2n) is 6.99. The number of H-pyrrole nitrogens is 1. The van der Waals surface area contributed by atoms with Gasteiger partial charge in [0.15, 0.2) is 0 Å². The zero-order valence-corrected chi connectivity index (χ0v) is 17.7. The van der Waals surface area contributed by atoms with Gasteiger partial charge in [-0.05, 0) is 42.2 Å². The summed E-state index contributed by atoms with van der Waals surface area (Å²) in [7, 11) is -3.56. The molecule has 28 heavy (non-hydrogen) atoms. The fraction of sp³-hybridized carbons (Fsp3) is 0.400. The van der Waals surface area contributed by atoms with Crippen LogP contribution in [-0.4, -0.2) is 54.7 Å². The molecule has 1 aromatic carbocycles. The Kier molecular flexibility index (Phi) is 6.32. The predicted octanol–water partition coefficient (Wildman–Crippen LogP) is 3.40. The van der Waals surface area contributed by atoms with Crippen molar-refractivity contribution in [1.29, 1.82) is 0 Å². The summed E-state index contributed by atoms with van der Waals surface area (Å²) in [4.78, 5) is 17.4. The number of hydrogen-bond donors (Lipinski definition) is 1. The van der Waals surface area contributed by atoms with E-state index in [1.165, 1.54) is 4.31 Å². The molecule has 1 saturated heterocycles. The molecule has 3 rings (SSSR count). The summed E-state index contributed by atoms with van der Waals surface area (Å²) < 4.78 is 27.7. The third kappa shape index (κ3) is 4.19. The number of hydrogen-bond acceptors (Lipinski definition) is 4. The van der Waals surface area contributed by atoms with E-state index in [1.807, 2.05) is 12.1 Å². The molecule has 1 aromatic heterocycles. The molecule has 0 saturated carbocycles. The average molecular weight is 420 g/mol. The van der Waals surface area contributed by atoms with Crippen LogP contribution < -0.4 is 0 Å². The molecular formula is C20H25N3O3S2. The SMILES string of the molecule is CC[C@@H](C)c1ccc(S(=O)(=O)N2CCN(C(=O)c3ccc[nH]c3=S)CC2)cc1. The molecule has 1 N–H and O–H groups in total. The van der Waals surface area contributed by atoms with Gasteiger partial charge in [0, 0.05) is 32.4 Å². The Morgan fingerprint density at radius 3 is 2.36 bits per heavy atom. The van der Waals surface area contributed by atoms with Gasteiger partial charge >= 0.3 is 0 Å². The number of nitrogens with zero attached hydrogens (tertiary/aromatic N) is 2. The van der Waals surface area contributed by atoms with Crippen molar-refractivity contribution < 1.29 is 13.2 Å². The number of aromatic amines is 1. The molecular weight excluding hydrogens is 394 g/mol. The number of amides is 1. The molecule has 1 aliphatic heterocycles. The van der Waals surface area contributed by atoms with Crippen LogP contribution in [0.3, 0.4) is 0 Å². The van der Waals surface area contributed by atoms with Gasteiger partial charge in [-0.1, -0.05) is 38.2 Å². The highest BCUT2D eigenvalue weighted by Gasteiger charge is 2.30. The van der Waals surface area contributed by atoms with Gasteiger partial charge in [0.25, 0.3) is 5.91 Å². The molecule has 0 spiro atoms. The fourth-order valence-electron chi connectivity index (χ4n) is 3.24. The largest absolute Gasteiger partial charge is 0.352 e. The number of carbonyl (C=O) groups excluding carboxylic acids is 1. The van der Waals surface area contributed by atoms with Crippen LogP contribution >= 0.6 is 12.2 Å². The molecule has 0 bridgehead atoms. The summed E-state index contributed by atoms with van der Waals surface area (Å²) in [5, 5.41) is 0. The molecule has 1 aliphatic rings. The molecule has 6 nitrogen and oxygen atoms in total. The third-order valence-corrected chi connectivity index (χ3v) is 7.52. The Morgan fingerprint density at radius 1 is 1.14 bits per heavy atom. The molecule has 1 fully saturated rings. The maximum Gasteiger partial charge on any atom is 0.256 e. The van der Waals surface area contributed by atoms with Gasteiger partial charge in [0.05, 0.1) is 10.5 Å². The zero-order valence-electron chi connectivity index (χ0n) is 16.1. The van der Waals surface area contributed by atoms with Crippen molar-refractivity contribution in [2.45, 2.75) is 31.1 Å². The second kappa shape index (κ2) is 8.55. The van der Waals surface area contributed by atoms with Crippen molar-refractivity contribution in [2.24, 2.45) is 0 Å². The van der Waals surface area contributed by atoms with E-state index in [0.29, 0.717) is 34.1 Å².